The minimum atomic E-state index is -2.43. The molecule has 11 heteroatoms. The third-order valence-electron chi connectivity index (χ3n) is 10.1. The fourth-order valence-electron chi connectivity index (χ4n) is 5.91. The average Bonchev–Trinajstić information content (AvgIpc) is 3.11. The summed E-state index contributed by atoms with van der Waals surface area (Å²) in [7, 11) is 0.479. The highest BCUT2D eigenvalue weighted by Gasteiger charge is 2.41. The predicted molar refractivity (Wildman–Crippen MR) is 213 cm³/mol. The van der Waals surface area contributed by atoms with Crippen molar-refractivity contribution in [2.45, 2.75) is 104 Å². The number of rotatable bonds is 18. The number of benzene rings is 3. The molecule has 0 saturated heterocycles. The Hall–Kier alpha value is -4.19. The van der Waals surface area contributed by atoms with Crippen molar-refractivity contribution in [3.05, 3.63) is 94.5 Å². The van der Waals surface area contributed by atoms with Gasteiger partial charge in [0.2, 0.25) is 0 Å². The smallest absolute Gasteiger partial charge is 0.337 e. The van der Waals surface area contributed by atoms with E-state index < -0.39 is 37.9 Å². The van der Waals surface area contributed by atoms with Crippen molar-refractivity contribution in [3.8, 4) is 11.5 Å². The zero-order chi connectivity index (χ0) is 39.6. The molecular formula is C42H61N3O7Si. The summed E-state index contributed by atoms with van der Waals surface area (Å²) in [6, 6.07) is 18.8. The third-order valence-corrected chi connectivity index (χ3v) is 14.6. The van der Waals surface area contributed by atoms with E-state index in [0.717, 1.165) is 29.7 Å². The quantitative estimate of drug-likeness (QED) is 0.0893. The van der Waals surface area contributed by atoms with Gasteiger partial charge in [-0.15, -0.1) is 0 Å². The lowest BCUT2D eigenvalue weighted by atomic mass is 9.93. The van der Waals surface area contributed by atoms with Crippen LogP contribution in [0.3, 0.4) is 0 Å². The van der Waals surface area contributed by atoms with Gasteiger partial charge in [-0.05, 0) is 105 Å². The van der Waals surface area contributed by atoms with Gasteiger partial charge in [0.1, 0.15) is 11.5 Å². The van der Waals surface area contributed by atoms with Gasteiger partial charge < -0.3 is 34.5 Å². The Morgan fingerprint density at radius 1 is 0.849 bits per heavy atom. The zero-order valence-electron chi connectivity index (χ0n) is 33.6. The van der Waals surface area contributed by atoms with E-state index in [1.165, 1.54) is 19.2 Å². The Balaban J connectivity index is 2.13. The van der Waals surface area contributed by atoms with E-state index in [9.17, 15) is 19.5 Å². The molecule has 0 aliphatic heterocycles. The maximum absolute atomic E-state index is 14.4. The fourth-order valence-corrected chi connectivity index (χ4v) is 7.27. The van der Waals surface area contributed by atoms with Gasteiger partial charge in [0.05, 0.1) is 31.9 Å². The second-order valence-electron chi connectivity index (χ2n) is 15.7. The molecule has 0 fully saturated rings. The highest BCUT2D eigenvalue weighted by atomic mass is 28.4. The van der Waals surface area contributed by atoms with Gasteiger partial charge in [-0.3, -0.25) is 9.59 Å². The maximum atomic E-state index is 14.4. The number of phenolic OH excluding ortho intramolecular Hbond substituents is 1. The van der Waals surface area contributed by atoms with Crippen LogP contribution >= 0.6 is 0 Å². The molecule has 0 heterocycles. The first-order chi connectivity index (χ1) is 24.8. The van der Waals surface area contributed by atoms with Crippen molar-refractivity contribution in [1.82, 2.24) is 15.5 Å². The van der Waals surface area contributed by atoms with Gasteiger partial charge in [0.25, 0.3) is 11.8 Å². The number of hydrogen-bond acceptors (Lipinski definition) is 8. The monoisotopic (exact) mass is 747 g/mol. The fraction of sp³-hybridized carbons (Fsp3) is 0.500. The van der Waals surface area contributed by atoms with Crippen LogP contribution in [0, 0.1) is 0 Å². The average molecular weight is 748 g/mol. The van der Waals surface area contributed by atoms with Crippen LogP contribution in [0.15, 0.2) is 66.7 Å². The number of aromatic hydroxyl groups is 1. The number of hydrogen-bond donors (Lipinski definition) is 3. The first-order valence-electron chi connectivity index (χ1n) is 18.5. The summed E-state index contributed by atoms with van der Waals surface area (Å²) in [6.07, 6.45) is 1.35. The lowest BCUT2D eigenvalue weighted by Crippen LogP contribution is -2.57. The number of nitrogens with zero attached hydrogens (tertiary/aromatic N) is 1. The van der Waals surface area contributed by atoms with Crippen molar-refractivity contribution in [2.75, 3.05) is 33.9 Å². The van der Waals surface area contributed by atoms with E-state index in [0.29, 0.717) is 26.1 Å². The first-order valence-corrected chi connectivity index (χ1v) is 21.4. The number of ether oxygens (including phenoxy) is 2. The molecule has 0 aliphatic carbocycles. The second-order valence-corrected chi connectivity index (χ2v) is 20.4. The van der Waals surface area contributed by atoms with Crippen LogP contribution in [0.5, 0.6) is 11.5 Å². The predicted octanol–water partition coefficient (Wildman–Crippen LogP) is 7.71. The molecule has 10 nitrogen and oxygen atoms in total. The minimum absolute atomic E-state index is 0.108. The largest absolute Gasteiger partial charge is 0.508 e. The summed E-state index contributed by atoms with van der Waals surface area (Å²) in [4.78, 5) is 42.7. The van der Waals surface area contributed by atoms with Gasteiger partial charge in [-0.25, -0.2) is 4.79 Å². The van der Waals surface area contributed by atoms with Crippen LogP contribution in [-0.4, -0.2) is 82.1 Å². The van der Waals surface area contributed by atoms with Crippen LogP contribution in [-0.2, 0) is 21.1 Å². The summed E-state index contributed by atoms with van der Waals surface area (Å²) in [5.74, 6) is -0.508. The lowest BCUT2D eigenvalue weighted by Gasteiger charge is -2.43. The summed E-state index contributed by atoms with van der Waals surface area (Å²) >= 11 is 0. The van der Waals surface area contributed by atoms with Crippen LogP contribution in [0.1, 0.15) is 104 Å². The Bertz CT molecular complexity index is 1700. The van der Waals surface area contributed by atoms with Gasteiger partial charge >= 0.3 is 5.97 Å². The number of methoxy groups -OCH3 is 2. The SMILES string of the molecule is CCCN(CCC)C(=O)c1cc(C(=O)NC(Cc2cccc(O)c2)C(CNC(C)(C)c2cccc(OC)c2)O[Si](C)(C)C(C)(C)C)cc(C(=O)OC)c1. The Labute approximate surface area is 317 Å². The minimum Gasteiger partial charge on any atom is -0.508 e. The molecule has 3 aromatic carbocycles. The number of nitrogens with one attached hydrogen (secondary N) is 2. The van der Waals surface area contributed by atoms with Gasteiger partial charge in [0, 0.05) is 36.3 Å². The molecule has 0 aliphatic rings. The van der Waals surface area contributed by atoms with E-state index in [1.807, 2.05) is 44.2 Å². The van der Waals surface area contributed by atoms with Gasteiger partial charge in [0.15, 0.2) is 8.32 Å². The number of phenols is 1. The molecule has 2 amide bonds. The van der Waals surface area contributed by atoms with Crippen molar-refractivity contribution in [1.29, 1.82) is 0 Å². The standard InChI is InChI=1S/C42H61N3O7Si/c1-12-20-45(21-13-2)39(48)31-24-30(25-32(26-31)40(49)51-9)38(47)44-36(23-29-16-14-18-34(46)22-29)37(52-53(10,11)41(3,4)5)28-43-42(6,7)33-17-15-19-35(27-33)50-8/h14-19,22,24-27,36-37,43,46H,12-13,20-21,23,28H2,1-11H3,(H,44,47). The molecule has 290 valence electrons. The summed E-state index contributed by atoms with van der Waals surface area (Å²) < 4.78 is 17.7. The van der Waals surface area contributed by atoms with E-state index in [2.05, 4.69) is 58.3 Å². The molecule has 0 bridgehead atoms. The van der Waals surface area contributed by atoms with Crippen LogP contribution in [0.2, 0.25) is 18.1 Å². The van der Waals surface area contributed by atoms with E-state index in [4.69, 9.17) is 13.9 Å². The molecule has 53 heavy (non-hydrogen) atoms. The van der Waals surface area contributed by atoms with Gasteiger partial charge in [-0.1, -0.05) is 58.9 Å². The topological polar surface area (TPSA) is 126 Å². The summed E-state index contributed by atoms with van der Waals surface area (Å²) in [5.41, 5.74) is 1.82. The Morgan fingerprint density at radius 2 is 1.47 bits per heavy atom. The van der Waals surface area contributed by atoms with Gasteiger partial charge in [-0.2, -0.15) is 0 Å². The molecule has 3 N–H and O–H groups in total. The molecule has 0 saturated carbocycles. The van der Waals surface area contributed by atoms with Crippen molar-refractivity contribution >= 4 is 26.1 Å². The summed E-state index contributed by atoms with van der Waals surface area (Å²) in [5, 5.41) is 17.2. The Kier molecular flexibility index (Phi) is 15.3. The third kappa shape index (κ3) is 11.9. The van der Waals surface area contributed by atoms with E-state index >= 15 is 0 Å². The summed E-state index contributed by atoms with van der Waals surface area (Å²) in [6.45, 7) is 20.5. The molecule has 0 spiro atoms. The molecular weight excluding hydrogens is 687 g/mol. The normalized spacial score (nSPS) is 13.2. The zero-order valence-corrected chi connectivity index (χ0v) is 34.6. The van der Waals surface area contributed by atoms with Crippen LogP contribution in [0.4, 0.5) is 0 Å². The van der Waals surface area contributed by atoms with Crippen molar-refractivity contribution in [3.63, 3.8) is 0 Å². The number of esters is 1. The molecule has 2 atom stereocenters. The van der Waals surface area contributed by atoms with E-state index in [1.54, 1.807) is 36.3 Å². The number of carbonyl (C=O) groups is 3. The molecule has 0 aromatic heterocycles. The highest BCUT2D eigenvalue weighted by Crippen LogP contribution is 2.38. The number of amides is 2. The van der Waals surface area contributed by atoms with Crippen molar-refractivity contribution < 1.29 is 33.4 Å². The highest BCUT2D eigenvalue weighted by molar-refractivity contribution is 6.74. The van der Waals surface area contributed by atoms with Crippen LogP contribution in [0.25, 0.3) is 0 Å². The van der Waals surface area contributed by atoms with E-state index in [-0.39, 0.29) is 33.4 Å². The molecule has 0 radical (unpaired) electrons. The van der Waals surface area contributed by atoms with Crippen molar-refractivity contribution in [2.24, 2.45) is 0 Å². The maximum Gasteiger partial charge on any atom is 0.337 e. The lowest BCUT2D eigenvalue weighted by molar-refractivity contribution is 0.0600. The molecule has 3 rings (SSSR count). The Morgan fingerprint density at radius 3 is 2.06 bits per heavy atom. The molecule has 2 unspecified atom stereocenters. The molecule has 3 aromatic rings. The number of carbonyl (C=O) groups excluding carboxylic acids is 3. The second kappa shape index (κ2) is 18.7. The van der Waals surface area contributed by atoms with Crippen LogP contribution < -0.4 is 15.4 Å². The first kappa shape index (κ1) is 43.2.